The molecule has 1 aliphatic rings. The van der Waals surface area contributed by atoms with Gasteiger partial charge in [0.25, 0.3) is 5.91 Å². The quantitative estimate of drug-likeness (QED) is 0.503. The number of hydrazone groups is 1. The lowest BCUT2D eigenvalue weighted by Crippen LogP contribution is -2.50. The van der Waals surface area contributed by atoms with E-state index in [2.05, 4.69) is 26.5 Å². The van der Waals surface area contributed by atoms with Crippen molar-refractivity contribution >= 4 is 48.9 Å². The monoisotopic (exact) mass is 484 g/mol. The molecule has 1 saturated heterocycles. The second-order valence-corrected chi connectivity index (χ2v) is 10.1. The van der Waals surface area contributed by atoms with E-state index in [1.807, 2.05) is 29.3 Å². The number of hydrogen-bond donors (Lipinski definition) is 1. The third kappa shape index (κ3) is 5.26. The molecule has 0 aliphatic carbocycles. The molecule has 0 bridgehead atoms. The third-order valence-electron chi connectivity index (χ3n) is 4.38. The number of carbonyl (C=O) groups excluding carboxylic acids is 1. The van der Waals surface area contributed by atoms with Gasteiger partial charge in [-0.2, -0.15) is 9.41 Å². The molecule has 3 rings (SSSR count). The highest BCUT2D eigenvalue weighted by atomic mass is 79.9. The summed E-state index contributed by atoms with van der Waals surface area (Å²) in [4.78, 5) is 15.3. The molecule has 1 aromatic carbocycles. The first-order chi connectivity index (χ1) is 13.4. The van der Waals surface area contributed by atoms with Gasteiger partial charge in [0.15, 0.2) is 0 Å². The van der Waals surface area contributed by atoms with Crippen LogP contribution in [0.5, 0.6) is 0 Å². The van der Waals surface area contributed by atoms with E-state index in [-0.39, 0.29) is 17.3 Å². The number of nitrogens with one attached hydrogen (secondary N) is 1. The maximum atomic E-state index is 12.7. The fourth-order valence-corrected chi connectivity index (χ4v) is 5.17. The fraction of sp³-hybridized carbons (Fsp3) is 0.333. The molecule has 0 radical (unpaired) electrons. The maximum absolute atomic E-state index is 12.7. The van der Waals surface area contributed by atoms with Gasteiger partial charge >= 0.3 is 0 Å². The highest BCUT2D eigenvalue weighted by Gasteiger charge is 2.28. The number of piperazine rings is 1. The zero-order chi connectivity index (χ0) is 20.1. The van der Waals surface area contributed by atoms with Gasteiger partial charge in [0.1, 0.15) is 0 Å². The highest BCUT2D eigenvalue weighted by Crippen LogP contribution is 2.20. The molecule has 7 nitrogen and oxygen atoms in total. The minimum atomic E-state index is -3.51. The Labute approximate surface area is 177 Å². The summed E-state index contributed by atoms with van der Waals surface area (Å²) < 4.78 is 27.7. The molecule has 0 unspecified atom stereocenters. The molecule has 0 saturated carbocycles. The average molecular weight is 485 g/mol. The molecule has 0 spiro atoms. The molecule has 1 fully saturated rings. The Morgan fingerprint density at radius 1 is 1.18 bits per heavy atom. The predicted octanol–water partition coefficient (Wildman–Crippen LogP) is 2.36. The molecule has 1 N–H and O–H groups in total. The van der Waals surface area contributed by atoms with Crippen molar-refractivity contribution in [3.63, 3.8) is 0 Å². The van der Waals surface area contributed by atoms with Gasteiger partial charge in [-0.15, -0.1) is 11.3 Å². The minimum Gasteiger partial charge on any atom is -0.292 e. The summed E-state index contributed by atoms with van der Waals surface area (Å²) in [6, 6.07) is 10.5. The molecule has 150 valence electrons. The number of hydrogen-bond acceptors (Lipinski definition) is 6. The van der Waals surface area contributed by atoms with Crippen LogP contribution in [0.25, 0.3) is 0 Å². The van der Waals surface area contributed by atoms with Crippen LogP contribution >= 0.6 is 27.3 Å². The minimum absolute atomic E-state index is 0.188. The van der Waals surface area contributed by atoms with Crippen molar-refractivity contribution in [2.24, 2.45) is 5.10 Å². The topological polar surface area (TPSA) is 82.1 Å². The lowest BCUT2D eigenvalue weighted by Gasteiger charge is -2.33. The number of sulfonamides is 1. The second kappa shape index (κ2) is 9.27. The molecule has 10 heteroatoms. The van der Waals surface area contributed by atoms with Crippen molar-refractivity contribution in [1.29, 1.82) is 0 Å². The number of nitrogens with zero attached hydrogens (tertiary/aromatic N) is 3. The number of benzene rings is 1. The van der Waals surface area contributed by atoms with Crippen LogP contribution < -0.4 is 5.43 Å². The Kier molecular flexibility index (Phi) is 7.00. The molecular formula is C18H21BrN4O3S2. The van der Waals surface area contributed by atoms with E-state index in [4.69, 9.17) is 0 Å². The van der Waals surface area contributed by atoms with Gasteiger partial charge in [0.2, 0.25) is 10.0 Å². The van der Waals surface area contributed by atoms with E-state index in [0.717, 1.165) is 15.1 Å². The SMILES string of the molecule is C/C(=N/NC(=O)CN1CCN(S(=O)(=O)c2ccc(Br)cc2)CC1)c1cccs1. The smallest absolute Gasteiger partial charge is 0.254 e. The Balaban J connectivity index is 1.50. The second-order valence-electron chi connectivity index (χ2n) is 6.34. The number of halogens is 1. The standard InChI is InChI=1S/C18H21BrN4O3S2/c1-14(17-3-2-12-27-17)20-21-18(24)13-22-8-10-23(11-9-22)28(25,26)16-6-4-15(19)5-7-16/h2-7,12H,8-11,13H2,1H3,(H,21,24)/b20-14-. The van der Waals surface area contributed by atoms with Crippen molar-refractivity contribution in [2.75, 3.05) is 32.7 Å². The largest absolute Gasteiger partial charge is 0.292 e. The molecular weight excluding hydrogens is 464 g/mol. The van der Waals surface area contributed by atoms with Gasteiger partial charge < -0.3 is 0 Å². The summed E-state index contributed by atoms with van der Waals surface area (Å²) in [7, 11) is -3.51. The van der Waals surface area contributed by atoms with Crippen molar-refractivity contribution in [3.8, 4) is 0 Å². The van der Waals surface area contributed by atoms with E-state index in [9.17, 15) is 13.2 Å². The molecule has 2 heterocycles. The van der Waals surface area contributed by atoms with Gasteiger partial charge in [-0.3, -0.25) is 9.69 Å². The van der Waals surface area contributed by atoms with E-state index in [1.54, 1.807) is 35.6 Å². The normalized spacial score (nSPS) is 16.9. The predicted molar refractivity (Wildman–Crippen MR) is 114 cm³/mol. The zero-order valence-corrected chi connectivity index (χ0v) is 18.6. The van der Waals surface area contributed by atoms with E-state index in [0.29, 0.717) is 26.2 Å². The molecule has 1 aromatic heterocycles. The van der Waals surface area contributed by atoms with E-state index in [1.165, 1.54) is 4.31 Å². The summed E-state index contributed by atoms with van der Waals surface area (Å²) in [6.45, 7) is 3.73. The third-order valence-corrected chi connectivity index (χ3v) is 7.80. The number of carbonyl (C=O) groups is 1. The van der Waals surface area contributed by atoms with Crippen LogP contribution in [0.2, 0.25) is 0 Å². The summed E-state index contributed by atoms with van der Waals surface area (Å²) in [5.74, 6) is -0.208. The van der Waals surface area contributed by atoms with Crippen LogP contribution in [0.3, 0.4) is 0 Å². The van der Waals surface area contributed by atoms with Gasteiger partial charge in [-0.1, -0.05) is 22.0 Å². The first-order valence-corrected chi connectivity index (χ1v) is 11.8. The summed E-state index contributed by atoms with van der Waals surface area (Å²) in [5.41, 5.74) is 3.33. The maximum Gasteiger partial charge on any atom is 0.254 e. The fourth-order valence-electron chi connectivity index (χ4n) is 2.81. The van der Waals surface area contributed by atoms with Crippen molar-refractivity contribution < 1.29 is 13.2 Å². The average Bonchev–Trinajstić information content (AvgIpc) is 3.22. The van der Waals surface area contributed by atoms with Crippen molar-refractivity contribution in [2.45, 2.75) is 11.8 Å². The van der Waals surface area contributed by atoms with Crippen LogP contribution in [0, 0.1) is 0 Å². The Hall–Kier alpha value is -1.59. The molecule has 28 heavy (non-hydrogen) atoms. The summed E-state index contributed by atoms with van der Waals surface area (Å²) in [6.07, 6.45) is 0. The summed E-state index contributed by atoms with van der Waals surface area (Å²) in [5, 5.41) is 6.08. The number of amides is 1. The van der Waals surface area contributed by atoms with Crippen molar-refractivity contribution in [3.05, 3.63) is 51.1 Å². The first-order valence-electron chi connectivity index (χ1n) is 8.71. The Morgan fingerprint density at radius 2 is 1.86 bits per heavy atom. The van der Waals surface area contributed by atoms with Crippen LogP contribution in [-0.4, -0.2) is 62.0 Å². The number of rotatable bonds is 6. The van der Waals surface area contributed by atoms with E-state index < -0.39 is 10.0 Å². The van der Waals surface area contributed by atoms with Gasteiger partial charge in [0.05, 0.1) is 17.2 Å². The lowest BCUT2D eigenvalue weighted by atomic mass is 10.3. The Bertz CT molecular complexity index is 936. The zero-order valence-electron chi connectivity index (χ0n) is 15.3. The van der Waals surface area contributed by atoms with Crippen LogP contribution in [0.4, 0.5) is 0 Å². The van der Waals surface area contributed by atoms with Gasteiger partial charge in [-0.25, -0.2) is 13.8 Å². The first kappa shape index (κ1) is 21.1. The van der Waals surface area contributed by atoms with E-state index >= 15 is 0 Å². The van der Waals surface area contributed by atoms with Gasteiger partial charge in [0, 0.05) is 35.5 Å². The van der Waals surface area contributed by atoms with Crippen LogP contribution in [0.1, 0.15) is 11.8 Å². The van der Waals surface area contributed by atoms with Crippen LogP contribution in [0.15, 0.2) is 56.2 Å². The number of thiophene rings is 1. The molecule has 2 aromatic rings. The van der Waals surface area contributed by atoms with Gasteiger partial charge in [-0.05, 0) is 42.6 Å². The molecule has 1 aliphatic heterocycles. The lowest BCUT2D eigenvalue weighted by molar-refractivity contribution is -0.122. The molecule has 1 amide bonds. The van der Waals surface area contributed by atoms with Crippen LogP contribution in [-0.2, 0) is 14.8 Å². The Morgan fingerprint density at radius 3 is 2.46 bits per heavy atom. The molecule has 0 atom stereocenters. The summed E-state index contributed by atoms with van der Waals surface area (Å²) >= 11 is 4.87. The highest BCUT2D eigenvalue weighted by molar-refractivity contribution is 9.10. The van der Waals surface area contributed by atoms with Crippen molar-refractivity contribution in [1.82, 2.24) is 14.6 Å².